The molecule has 0 aromatic carbocycles. The van der Waals surface area contributed by atoms with Crippen LogP contribution in [0.25, 0.3) is 0 Å². The van der Waals surface area contributed by atoms with Gasteiger partial charge >= 0.3 is 0 Å². The Kier molecular flexibility index (Phi) is 2.72. The van der Waals surface area contributed by atoms with Gasteiger partial charge in [-0.05, 0) is 24.7 Å². The summed E-state index contributed by atoms with van der Waals surface area (Å²) in [6.45, 7) is 1.92. The van der Waals surface area contributed by atoms with Gasteiger partial charge in [-0.3, -0.25) is 0 Å². The summed E-state index contributed by atoms with van der Waals surface area (Å²) in [4.78, 5) is 0. The molecule has 0 bridgehead atoms. The molecule has 0 aromatic heterocycles. The molecule has 1 aliphatic heterocycles. The van der Waals surface area contributed by atoms with Crippen molar-refractivity contribution < 1.29 is 4.21 Å². The molecule has 1 heterocycles. The third-order valence-corrected chi connectivity index (χ3v) is 4.44. The molecule has 1 saturated heterocycles. The van der Waals surface area contributed by atoms with E-state index in [1.54, 1.807) is 0 Å². The standard InChI is InChI=1S/C8H14ClNOS/c9-12(11)10-5-7-3-1-2-4-8(7)6-10/h7-8H,1-6H2. The smallest absolute Gasteiger partial charge is 0.192 e. The first-order chi connectivity index (χ1) is 5.77. The SMILES string of the molecule is O=S(Cl)N1CC2CCCCC2C1. The van der Waals surface area contributed by atoms with Gasteiger partial charge in [0, 0.05) is 23.8 Å². The zero-order valence-corrected chi connectivity index (χ0v) is 8.61. The highest BCUT2D eigenvalue weighted by Crippen LogP contribution is 2.36. The number of rotatable bonds is 1. The molecule has 4 heteroatoms. The molecule has 1 saturated carbocycles. The molecule has 2 fully saturated rings. The molecule has 3 unspecified atom stereocenters. The molecule has 0 amide bonds. The fraction of sp³-hybridized carbons (Fsp3) is 1.00. The Labute approximate surface area is 80.4 Å². The molecule has 0 N–H and O–H groups in total. The van der Waals surface area contributed by atoms with Crippen molar-refractivity contribution in [2.24, 2.45) is 11.8 Å². The van der Waals surface area contributed by atoms with Gasteiger partial charge in [0.2, 0.25) is 0 Å². The average molecular weight is 208 g/mol. The Morgan fingerprint density at radius 2 is 1.67 bits per heavy atom. The monoisotopic (exact) mass is 207 g/mol. The van der Waals surface area contributed by atoms with Crippen LogP contribution in [0.15, 0.2) is 0 Å². The number of hydrogen-bond acceptors (Lipinski definition) is 1. The summed E-state index contributed by atoms with van der Waals surface area (Å²) in [7, 11) is 4.30. The van der Waals surface area contributed by atoms with E-state index in [1.807, 2.05) is 4.31 Å². The van der Waals surface area contributed by atoms with Crippen LogP contribution in [-0.2, 0) is 10.2 Å². The highest BCUT2D eigenvalue weighted by atomic mass is 35.7. The van der Waals surface area contributed by atoms with Crippen LogP contribution in [0.5, 0.6) is 0 Å². The summed E-state index contributed by atoms with van der Waals surface area (Å²) in [5.74, 6) is 1.56. The number of nitrogens with zero attached hydrogens (tertiary/aromatic N) is 1. The van der Waals surface area contributed by atoms with E-state index in [9.17, 15) is 4.21 Å². The Hall–Kier alpha value is 0.400. The predicted molar refractivity (Wildman–Crippen MR) is 51.0 cm³/mol. The Morgan fingerprint density at radius 1 is 1.17 bits per heavy atom. The van der Waals surface area contributed by atoms with Gasteiger partial charge in [-0.15, -0.1) is 0 Å². The first-order valence-electron chi connectivity index (χ1n) is 4.60. The normalized spacial score (nSPS) is 39.4. The van der Waals surface area contributed by atoms with E-state index < -0.39 is 10.2 Å². The third-order valence-electron chi connectivity index (χ3n) is 3.15. The zero-order chi connectivity index (χ0) is 8.55. The van der Waals surface area contributed by atoms with Gasteiger partial charge in [-0.1, -0.05) is 12.8 Å². The van der Waals surface area contributed by atoms with Crippen molar-refractivity contribution in [3.63, 3.8) is 0 Å². The highest BCUT2D eigenvalue weighted by Gasteiger charge is 2.36. The van der Waals surface area contributed by atoms with Gasteiger partial charge in [-0.2, -0.15) is 0 Å². The van der Waals surface area contributed by atoms with E-state index in [-0.39, 0.29) is 0 Å². The van der Waals surface area contributed by atoms with E-state index in [0.717, 1.165) is 24.9 Å². The van der Waals surface area contributed by atoms with E-state index >= 15 is 0 Å². The fourth-order valence-corrected chi connectivity index (χ4v) is 3.44. The maximum Gasteiger partial charge on any atom is 0.192 e. The molecular formula is C8H14ClNOS. The molecular weight excluding hydrogens is 194 g/mol. The van der Waals surface area contributed by atoms with Gasteiger partial charge in [0.1, 0.15) is 0 Å². The lowest BCUT2D eigenvalue weighted by Gasteiger charge is -2.22. The minimum Gasteiger partial charge on any atom is -0.225 e. The second-order valence-electron chi connectivity index (χ2n) is 3.86. The number of fused-ring (bicyclic) bond motifs is 1. The number of hydrogen-bond donors (Lipinski definition) is 0. The van der Waals surface area contributed by atoms with Crippen LogP contribution < -0.4 is 0 Å². The fourth-order valence-electron chi connectivity index (χ4n) is 2.48. The summed E-state index contributed by atoms with van der Waals surface area (Å²) in [5.41, 5.74) is 0. The minimum absolute atomic E-state index is 0.779. The van der Waals surface area contributed by atoms with Crippen LogP contribution in [0.4, 0.5) is 0 Å². The van der Waals surface area contributed by atoms with Crippen LogP contribution in [0.2, 0.25) is 0 Å². The van der Waals surface area contributed by atoms with E-state index in [2.05, 4.69) is 0 Å². The first kappa shape index (κ1) is 8.97. The summed E-state index contributed by atoms with van der Waals surface area (Å²) >= 11 is 0. The van der Waals surface area contributed by atoms with Gasteiger partial charge < -0.3 is 0 Å². The molecule has 12 heavy (non-hydrogen) atoms. The topological polar surface area (TPSA) is 20.3 Å². The molecule has 0 spiro atoms. The molecule has 3 atom stereocenters. The lowest BCUT2D eigenvalue weighted by atomic mass is 9.82. The lowest BCUT2D eigenvalue weighted by molar-refractivity contribution is 0.299. The molecule has 2 nitrogen and oxygen atoms in total. The van der Waals surface area contributed by atoms with Gasteiger partial charge in [0.05, 0.1) is 0 Å². The second-order valence-corrected chi connectivity index (χ2v) is 5.58. The largest absolute Gasteiger partial charge is 0.225 e. The van der Waals surface area contributed by atoms with Crippen molar-refractivity contribution in [1.29, 1.82) is 0 Å². The Morgan fingerprint density at radius 3 is 2.08 bits per heavy atom. The lowest BCUT2D eigenvalue weighted by Crippen LogP contribution is -2.19. The molecule has 70 valence electrons. The van der Waals surface area contributed by atoms with Crippen molar-refractivity contribution in [3.05, 3.63) is 0 Å². The van der Waals surface area contributed by atoms with Gasteiger partial charge in [0.15, 0.2) is 10.2 Å². The Bertz CT molecular complexity index is 185. The molecule has 0 radical (unpaired) electrons. The third kappa shape index (κ3) is 1.68. The molecule has 0 aromatic rings. The summed E-state index contributed by atoms with van der Waals surface area (Å²) in [5, 5.41) is 0. The summed E-state index contributed by atoms with van der Waals surface area (Å²) in [6.07, 6.45) is 5.33. The predicted octanol–water partition coefficient (Wildman–Crippen LogP) is 1.93. The first-order valence-corrected chi connectivity index (χ1v) is 6.54. The summed E-state index contributed by atoms with van der Waals surface area (Å²) in [6, 6.07) is 0. The van der Waals surface area contributed by atoms with E-state index in [1.165, 1.54) is 25.7 Å². The minimum atomic E-state index is -1.25. The van der Waals surface area contributed by atoms with Crippen molar-refractivity contribution >= 4 is 20.9 Å². The van der Waals surface area contributed by atoms with Gasteiger partial charge in [-0.25, -0.2) is 8.51 Å². The summed E-state index contributed by atoms with van der Waals surface area (Å²) < 4.78 is 12.9. The highest BCUT2D eigenvalue weighted by molar-refractivity contribution is 8.06. The van der Waals surface area contributed by atoms with E-state index in [0.29, 0.717) is 0 Å². The second kappa shape index (κ2) is 3.64. The van der Waals surface area contributed by atoms with Crippen molar-refractivity contribution in [1.82, 2.24) is 4.31 Å². The molecule has 2 rings (SSSR count). The van der Waals surface area contributed by atoms with Crippen LogP contribution >= 0.6 is 10.7 Å². The molecule has 2 aliphatic rings. The van der Waals surface area contributed by atoms with Crippen molar-refractivity contribution in [3.8, 4) is 0 Å². The maximum absolute atomic E-state index is 11.0. The number of halogens is 1. The van der Waals surface area contributed by atoms with Crippen LogP contribution in [0.1, 0.15) is 25.7 Å². The van der Waals surface area contributed by atoms with Crippen molar-refractivity contribution in [2.45, 2.75) is 25.7 Å². The van der Waals surface area contributed by atoms with Gasteiger partial charge in [0.25, 0.3) is 0 Å². The van der Waals surface area contributed by atoms with E-state index in [4.69, 9.17) is 10.7 Å². The Balaban J connectivity index is 1.98. The van der Waals surface area contributed by atoms with Crippen LogP contribution in [0.3, 0.4) is 0 Å². The van der Waals surface area contributed by atoms with Crippen LogP contribution in [0, 0.1) is 11.8 Å². The molecule has 1 aliphatic carbocycles. The average Bonchev–Trinajstić information content (AvgIpc) is 2.46. The van der Waals surface area contributed by atoms with Crippen molar-refractivity contribution in [2.75, 3.05) is 13.1 Å². The zero-order valence-electron chi connectivity index (χ0n) is 7.04. The quantitative estimate of drug-likeness (QED) is 0.602. The maximum atomic E-state index is 11.0. The van der Waals surface area contributed by atoms with Crippen LogP contribution in [-0.4, -0.2) is 21.6 Å².